The second-order valence-corrected chi connectivity index (χ2v) is 5.50. The monoisotopic (exact) mass is 318 g/mol. The van der Waals surface area contributed by atoms with E-state index in [1.807, 2.05) is 37.3 Å². The number of hydrogen-bond acceptors (Lipinski definition) is 2. The maximum absolute atomic E-state index is 12.1. The second-order valence-electron chi connectivity index (χ2n) is 5.50. The Morgan fingerprint density at radius 1 is 1.14 bits per heavy atom. The normalized spacial score (nSPS) is 11.4. The largest absolute Gasteiger partial charge is 0.399 e. The summed E-state index contributed by atoms with van der Waals surface area (Å²) in [4.78, 5) is 12.1. The molecule has 2 aromatic carbocycles. The predicted octanol–water partition coefficient (Wildman–Crippen LogP) is 3.73. The maximum Gasteiger partial charge on any atom is 0.224 e. The van der Waals surface area contributed by atoms with Gasteiger partial charge in [-0.3, -0.25) is 4.79 Å². The molecule has 1 amide bonds. The van der Waals surface area contributed by atoms with Crippen molar-refractivity contribution in [2.24, 2.45) is 0 Å². The summed E-state index contributed by atoms with van der Waals surface area (Å²) < 4.78 is 0. The first-order chi connectivity index (χ1) is 9.97. The van der Waals surface area contributed by atoms with E-state index in [9.17, 15) is 4.79 Å². The van der Waals surface area contributed by atoms with Gasteiger partial charge in [0.2, 0.25) is 5.91 Å². The number of anilines is 1. The Morgan fingerprint density at radius 2 is 1.77 bits per heavy atom. The summed E-state index contributed by atoms with van der Waals surface area (Å²) in [6.07, 6.45) is 0.371. The van der Waals surface area contributed by atoms with Crippen molar-refractivity contribution in [3.63, 3.8) is 0 Å². The van der Waals surface area contributed by atoms with Crippen molar-refractivity contribution in [2.45, 2.75) is 33.2 Å². The number of nitrogens with one attached hydrogen (secondary N) is 1. The van der Waals surface area contributed by atoms with Crippen molar-refractivity contribution < 1.29 is 4.79 Å². The first kappa shape index (κ1) is 18.1. The average Bonchev–Trinajstić information content (AvgIpc) is 2.44. The standard InChI is InChI=1S/C18H22N2O.ClH/c1-12-5-4-6-17(13(12)2)14(3)20-18(21)11-15-7-9-16(19)10-8-15;/h4-10,14H,11,19H2,1-3H3,(H,20,21);1H. The molecular formula is C18H23ClN2O. The van der Waals surface area contributed by atoms with Crippen molar-refractivity contribution in [1.82, 2.24) is 5.32 Å². The highest BCUT2D eigenvalue weighted by Crippen LogP contribution is 2.20. The fourth-order valence-corrected chi connectivity index (χ4v) is 2.43. The number of amides is 1. The van der Waals surface area contributed by atoms with Crippen molar-refractivity contribution in [3.8, 4) is 0 Å². The van der Waals surface area contributed by atoms with E-state index in [2.05, 4.69) is 31.3 Å². The fraction of sp³-hybridized carbons (Fsp3) is 0.278. The van der Waals surface area contributed by atoms with Crippen LogP contribution in [0.15, 0.2) is 42.5 Å². The summed E-state index contributed by atoms with van der Waals surface area (Å²) in [5.74, 6) is 0.0215. The van der Waals surface area contributed by atoms with Gasteiger partial charge in [0.05, 0.1) is 12.5 Å². The molecule has 0 aliphatic carbocycles. The van der Waals surface area contributed by atoms with Crippen LogP contribution >= 0.6 is 12.4 Å². The zero-order valence-electron chi connectivity index (χ0n) is 13.2. The topological polar surface area (TPSA) is 55.1 Å². The van der Waals surface area contributed by atoms with Gasteiger partial charge in [0.25, 0.3) is 0 Å². The number of benzene rings is 2. The van der Waals surface area contributed by atoms with Crippen LogP contribution in [0, 0.1) is 13.8 Å². The molecule has 0 saturated carbocycles. The number of nitrogens with two attached hydrogens (primary N) is 1. The molecule has 0 bridgehead atoms. The van der Waals surface area contributed by atoms with Gasteiger partial charge in [0, 0.05) is 5.69 Å². The predicted molar refractivity (Wildman–Crippen MR) is 94.3 cm³/mol. The molecular weight excluding hydrogens is 296 g/mol. The first-order valence-corrected chi connectivity index (χ1v) is 7.17. The van der Waals surface area contributed by atoms with Crippen LogP contribution in [0.4, 0.5) is 5.69 Å². The van der Waals surface area contributed by atoms with Gasteiger partial charge < -0.3 is 11.1 Å². The number of halogens is 1. The van der Waals surface area contributed by atoms with E-state index < -0.39 is 0 Å². The third kappa shape index (κ3) is 4.50. The average molecular weight is 319 g/mol. The van der Waals surface area contributed by atoms with Gasteiger partial charge >= 0.3 is 0 Å². The van der Waals surface area contributed by atoms with Crippen LogP contribution in [0.3, 0.4) is 0 Å². The van der Waals surface area contributed by atoms with Crippen LogP contribution in [0.1, 0.15) is 35.2 Å². The lowest BCUT2D eigenvalue weighted by Gasteiger charge is -2.18. The molecule has 0 heterocycles. The second kappa shape index (κ2) is 7.85. The first-order valence-electron chi connectivity index (χ1n) is 7.17. The zero-order chi connectivity index (χ0) is 15.4. The minimum Gasteiger partial charge on any atom is -0.399 e. The van der Waals surface area contributed by atoms with Gasteiger partial charge in [-0.05, 0) is 55.2 Å². The minimum atomic E-state index is 0. The minimum absolute atomic E-state index is 0. The molecule has 1 atom stereocenters. The molecule has 3 nitrogen and oxygen atoms in total. The molecule has 0 spiro atoms. The lowest BCUT2D eigenvalue weighted by atomic mass is 9.98. The van der Waals surface area contributed by atoms with E-state index in [0.29, 0.717) is 12.1 Å². The van der Waals surface area contributed by atoms with E-state index >= 15 is 0 Å². The molecule has 2 rings (SSSR count). The summed E-state index contributed by atoms with van der Waals surface area (Å²) in [7, 11) is 0. The van der Waals surface area contributed by atoms with Gasteiger partial charge in [0.15, 0.2) is 0 Å². The van der Waals surface area contributed by atoms with Crippen LogP contribution in [0.2, 0.25) is 0 Å². The van der Waals surface area contributed by atoms with E-state index in [4.69, 9.17) is 5.73 Å². The fourth-order valence-electron chi connectivity index (χ4n) is 2.43. The van der Waals surface area contributed by atoms with E-state index in [-0.39, 0.29) is 24.4 Å². The lowest BCUT2D eigenvalue weighted by Crippen LogP contribution is -2.28. The Kier molecular flexibility index (Phi) is 6.44. The van der Waals surface area contributed by atoms with Crippen molar-refractivity contribution in [3.05, 3.63) is 64.7 Å². The molecule has 0 aromatic heterocycles. The maximum atomic E-state index is 12.1. The van der Waals surface area contributed by atoms with Crippen molar-refractivity contribution >= 4 is 24.0 Å². The summed E-state index contributed by atoms with van der Waals surface area (Å²) in [5.41, 5.74) is 11.0. The molecule has 0 saturated heterocycles. The molecule has 1 unspecified atom stereocenters. The third-order valence-electron chi connectivity index (χ3n) is 3.83. The lowest BCUT2D eigenvalue weighted by molar-refractivity contribution is -0.121. The number of carbonyl (C=O) groups is 1. The summed E-state index contributed by atoms with van der Waals surface area (Å²) >= 11 is 0. The molecule has 2 aromatic rings. The van der Waals surface area contributed by atoms with Crippen LogP contribution in [-0.4, -0.2) is 5.91 Å². The number of rotatable bonds is 4. The molecule has 0 fully saturated rings. The highest BCUT2D eigenvalue weighted by atomic mass is 35.5. The number of nitrogen functional groups attached to an aromatic ring is 1. The molecule has 0 aliphatic rings. The SMILES string of the molecule is Cc1cccc(C(C)NC(=O)Cc2ccc(N)cc2)c1C.Cl. The highest BCUT2D eigenvalue weighted by Gasteiger charge is 2.12. The Hall–Kier alpha value is -2.00. The van der Waals surface area contributed by atoms with Crippen molar-refractivity contribution in [2.75, 3.05) is 5.73 Å². The van der Waals surface area contributed by atoms with Crippen LogP contribution in [-0.2, 0) is 11.2 Å². The number of hydrogen-bond donors (Lipinski definition) is 2. The van der Waals surface area contributed by atoms with Gasteiger partial charge in [-0.15, -0.1) is 12.4 Å². The molecule has 22 heavy (non-hydrogen) atoms. The van der Waals surface area contributed by atoms with Crippen molar-refractivity contribution in [1.29, 1.82) is 0 Å². The van der Waals surface area contributed by atoms with Gasteiger partial charge in [-0.2, -0.15) is 0 Å². The molecule has 0 radical (unpaired) electrons. The van der Waals surface area contributed by atoms with Crippen LogP contribution in [0.5, 0.6) is 0 Å². The van der Waals surface area contributed by atoms with E-state index in [1.165, 1.54) is 16.7 Å². The Labute approximate surface area is 138 Å². The Bertz CT molecular complexity index is 638. The Balaban J connectivity index is 0.00000242. The molecule has 0 aliphatic heterocycles. The summed E-state index contributed by atoms with van der Waals surface area (Å²) in [6.45, 7) is 6.19. The number of aryl methyl sites for hydroxylation is 1. The smallest absolute Gasteiger partial charge is 0.224 e. The van der Waals surface area contributed by atoms with Crippen LogP contribution < -0.4 is 11.1 Å². The Morgan fingerprint density at radius 3 is 2.41 bits per heavy atom. The molecule has 3 N–H and O–H groups in total. The molecule has 118 valence electrons. The van der Waals surface area contributed by atoms with Gasteiger partial charge in [-0.25, -0.2) is 0 Å². The quantitative estimate of drug-likeness (QED) is 0.844. The number of carbonyl (C=O) groups excluding carboxylic acids is 1. The summed E-state index contributed by atoms with van der Waals surface area (Å²) in [5, 5.41) is 3.06. The van der Waals surface area contributed by atoms with Gasteiger partial charge in [0.1, 0.15) is 0 Å². The van der Waals surface area contributed by atoms with E-state index in [0.717, 1.165) is 5.56 Å². The highest BCUT2D eigenvalue weighted by molar-refractivity contribution is 5.85. The van der Waals surface area contributed by atoms with Gasteiger partial charge in [-0.1, -0.05) is 30.3 Å². The summed E-state index contributed by atoms with van der Waals surface area (Å²) in [6, 6.07) is 13.6. The third-order valence-corrected chi connectivity index (χ3v) is 3.83. The zero-order valence-corrected chi connectivity index (χ0v) is 14.0. The molecule has 4 heteroatoms. The van der Waals surface area contributed by atoms with E-state index in [1.54, 1.807) is 0 Å². The van der Waals surface area contributed by atoms with Crippen LogP contribution in [0.25, 0.3) is 0 Å².